The maximum Gasteiger partial charge on any atom is 0.205 e. The van der Waals surface area contributed by atoms with Crippen molar-refractivity contribution in [1.82, 2.24) is 0 Å². The van der Waals surface area contributed by atoms with E-state index >= 15 is 0 Å². The monoisotopic (exact) mass is 332 g/mol. The minimum Gasteiger partial charge on any atom is -0.497 e. The lowest BCUT2D eigenvalue weighted by atomic mass is 9.84. The average Bonchev–Trinajstić information content (AvgIpc) is 3.07. The highest BCUT2D eigenvalue weighted by Gasteiger charge is 2.41. The van der Waals surface area contributed by atoms with Gasteiger partial charge in [-0.15, -0.1) is 0 Å². The number of ether oxygens (including phenoxy) is 4. The second-order valence-electron chi connectivity index (χ2n) is 6.08. The van der Waals surface area contributed by atoms with Crippen molar-refractivity contribution < 1.29 is 24.1 Å². The van der Waals surface area contributed by atoms with Gasteiger partial charge in [0, 0.05) is 13.0 Å². The van der Waals surface area contributed by atoms with E-state index in [2.05, 4.69) is 6.08 Å². The van der Waals surface area contributed by atoms with Crippen LogP contribution in [0.2, 0.25) is 0 Å². The first-order chi connectivity index (χ1) is 11.8. The van der Waals surface area contributed by atoms with Crippen LogP contribution in [0.3, 0.4) is 0 Å². The summed E-state index contributed by atoms with van der Waals surface area (Å²) in [6.45, 7) is 1.09. The third-order valence-electron chi connectivity index (χ3n) is 4.73. The third-order valence-corrected chi connectivity index (χ3v) is 4.73. The van der Waals surface area contributed by atoms with Crippen molar-refractivity contribution in [2.45, 2.75) is 19.3 Å². The lowest BCUT2D eigenvalue weighted by Gasteiger charge is -2.34. The van der Waals surface area contributed by atoms with Gasteiger partial charge in [-0.2, -0.15) is 0 Å². The van der Waals surface area contributed by atoms with Crippen molar-refractivity contribution in [3.63, 3.8) is 0 Å². The van der Waals surface area contributed by atoms with Crippen LogP contribution in [0, 0.1) is 11.8 Å². The lowest BCUT2D eigenvalue weighted by molar-refractivity contribution is -0.131. The molecule has 0 fully saturated rings. The summed E-state index contributed by atoms with van der Waals surface area (Å²) < 4.78 is 22.1. The highest BCUT2D eigenvalue weighted by Crippen LogP contribution is 2.43. The van der Waals surface area contributed by atoms with E-state index in [9.17, 15) is 5.11 Å². The van der Waals surface area contributed by atoms with Gasteiger partial charge in [-0.1, -0.05) is 18.2 Å². The van der Waals surface area contributed by atoms with Gasteiger partial charge < -0.3 is 24.1 Å². The molecular weight excluding hydrogens is 308 g/mol. The predicted molar refractivity (Wildman–Crippen MR) is 89.4 cm³/mol. The van der Waals surface area contributed by atoms with Gasteiger partial charge in [0.15, 0.2) is 0 Å². The van der Waals surface area contributed by atoms with E-state index in [1.807, 2.05) is 24.3 Å². The van der Waals surface area contributed by atoms with Crippen LogP contribution in [0.15, 0.2) is 47.7 Å². The number of aliphatic hydroxyl groups is 1. The van der Waals surface area contributed by atoms with E-state index in [1.165, 1.54) is 0 Å². The normalized spacial score (nSPS) is 25.5. The smallest absolute Gasteiger partial charge is 0.205 e. The van der Waals surface area contributed by atoms with Crippen LogP contribution in [0.1, 0.15) is 12.0 Å². The number of benzene rings is 1. The molecule has 1 aliphatic carbocycles. The van der Waals surface area contributed by atoms with E-state index in [0.717, 1.165) is 28.9 Å². The molecule has 5 nitrogen and oxygen atoms in total. The minimum atomic E-state index is -0.332. The number of methoxy groups -OCH3 is 2. The standard InChI is InChI=1S/C19H24O5/c1-21-16-6-3-13(4-7-16)10-23-11-15-12-24-19(22-2)18-14(9-20)5-8-17(15)18/h3-7,12,17-20H,8-11H2,1-2H3. The highest BCUT2D eigenvalue weighted by molar-refractivity contribution is 5.28. The number of hydrogen-bond donors (Lipinski definition) is 1. The molecule has 130 valence electrons. The molecule has 3 rings (SSSR count). The molecule has 24 heavy (non-hydrogen) atoms. The molecule has 0 saturated carbocycles. The van der Waals surface area contributed by atoms with Crippen molar-refractivity contribution >= 4 is 0 Å². The van der Waals surface area contributed by atoms with Gasteiger partial charge in [0.1, 0.15) is 5.75 Å². The molecule has 0 amide bonds. The summed E-state index contributed by atoms with van der Waals surface area (Å²) in [6.07, 6.45) is 4.41. The SMILES string of the molecule is COc1ccc(COCC2=COC(OC)C3C(CO)=CCC23)cc1. The van der Waals surface area contributed by atoms with Gasteiger partial charge in [0.25, 0.3) is 0 Å². The number of allylic oxidation sites excluding steroid dienone is 1. The Morgan fingerprint density at radius 1 is 1.12 bits per heavy atom. The number of fused-ring (bicyclic) bond motifs is 1. The number of rotatable bonds is 7. The van der Waals surface area contributed by atoms with Gasteiger partial charge in [0.05, 0.1) is 39.1 Å². The second-order valence-corrected chi connectivity index (χ2v) is 6.08. The van der Waals surface area contributed by atoms with Crippen LogP contribution in [0.4, 0.5) is 0 Å². The van der Waals surface area contributed by atoms with Crippen molar-refractivity contribution in [3.05, 3.63) is 53.3 Å². The van der Waals surface area contributed by atoms with Crippen LogP contribution in [-0.4, -0.2) is 38.8 Å². The van der Waals surface area contributed by atoms with Crippen LogP contribution in [0.5, 0.6) is 5.75 Å². The summed E-state index contributed by atoms with van der Waals surface area (Å²) in [7, 11) is 3.29. The Morgan fingerprint density at radius 2 is 1.92 bits per heavy atom. The molecule has 5 heteroatoms. The molecule has 2 aliphatic rings. The molecule has 0 saturated heterocycles. The van der Waals surface area contributed by atoms with E-state index in [-0.39, 0.29) is 24.7 Å². The van der Waals surface area contributed by atoms with Gasteiger partial charge >= 0.3 is 0 Å². The van der Waals surface area contributed by atoms with E-state index in [0.29, 0.717) is 13.2 Å². The molecular formula is C19H24O5. The van der Waals surface area contributed by atoms with Gasteiger partial charge in [-0.05, 0) is 35.3 Å². The quantitative estimate of drug-likeness (QED) is 0.778. The Labute approximate surface area is 142 Å². The zero-order valence-corrected chi connectivity index (χ0v) is 14.1. The van der Waals surface area contributed by atoms with E-state index < -0.39 is 0 Å². The Balaban J connectivity index is 1.58. The average molecular weight is 332 g/mol. The molecule has 1 N–H and O–H groups in total. The topological polar surface area (TPSA) is 57.2 Å². The molecule has 1 heterocycles. The van der Waals surface area contributed by atoms with Crippen LogP contribution >= 0.6 is 0 Å². The first-order valence-corrected chi connectivity index (χ1v) is 8.14. The summed E-state index contributed by atoms with van der Waals surface area (Å²) in [5, 5.41) is 9.53. The fraction of sp³-hybridized carbons (Fsp3) is 0.474. The molecule has 1 aliphatic heterocycles. The minimum absolute atomic E-state index is 0.0460. The summed E-state index contributed by atoms with van der Waals surface area (Å²) in [5.41, 5.74) is 3.20. The van der Waals surface area contributed by atoms with Crippen molar-refractivity contribution in [2.24, 2.45) is 11.8 Å². The Hall–Kier alpha value is -1.82. The Kier molecular flexibility index (Phi) is 5.56. The zero-order chi connectivity index (χ0) is 16.9. The first kappa shape index (κ1) is 17.0. The Morgan fingerprint density at radius 3 is 2.58 bits per heavy atom. The molecule has 0 radical (unpaired) electrons. The Bertz CT molecular complexity index is 605. The van der Waals surface area contributed by atoms with Crippen molar-refractivity contribution in [2.75, 3.05) is 27.4 Å². The van der Waals surface area contributed by atoms with Gasteiger partial charge in [-0.25, -0.2) is 0 Å². The molecule has 3 unspecified atom stereocenters. The zero-order valence-electron chi connectivity index (χ0n) is 14.1. The summed E-state index contributed by atoms with van der Waals surface area (Å²) in [5.74, 6) is 1.19. The summed E-state index contributed by atoms with van der Waals surface area (Å²) in [6, 6.07) is 7.84. The maximum atomic E-state index is 9.53. The summed E-state index contributed by atoms with van der Waals surface area (Å²) in [4.78, 5) is 0. The van der Waals surface area contributed by atoms with Crippen molar-refractivity contribution in [1.29, 1.82) is 0 Å². The third kappa shape index (κ3) is 3.48. The van der Waals surface area contributed by atoms with Crippen LogP contribution < -0.4 is 4.74 Å². The molecule has 3 atom stereocenters. The summed E-state index contributed by atoms with van der Waals surface area (Å²) >= 11 is 0. The van der Waals surface area contributed by atoms with Gasteiger partial charge in [-0.3, -0.25) is 0 Å². The molecule has 1 aromatic rings. The number of aliphatic hydroxyl groups excluding tert-OH is 1. The van der Waals surface area contributed by atoms with Crippen LogP contribution in [0.25, 0.3) is 0 Å². The first-order valence-electron chi connectivity index (χ1n) is 8.14. The van der Waals surface area contributed by atoms with Crippen molar-refractivity contribution in [3.8, 4) is 5.75 Å². The maximum absolute atomic E-state index is 9.53. The molecule has 1 aromatic carbocycles. The highest BCUT2D eigenvalue weighted by atomic mass is 16.7. The lowest BCUT2D eigenvalue weighted by Crippen LogP contribution is -2.35. The van der Waals surface area contributed by atoms with E-state index in [4.69, 9.17) is 18.9 Å². The molecule has 0 spiro atoms. The largest absolute Gasteiger partial charge is 0.497 e. The fourth-order valence-corrected chi connectivity index (χ4v) is 3.41. The van der Waals surface area contributed by atoms with E-state index in [1.54, 1.807) is 20.5 Å². The second kappa shape index (κ2) is 7.83. The van der Waals surface area contributed by atoms with Crippen LogP contribution in [-0.2, 0) is 20.8 Å². The molecule has 0 aromatic heterocycles. The molecule has 0 bridgehead atoms. The van der Waals surface area contributed by atoms with Gasteiger partial charge in [0.2, 0.25) is 6.29 Å². The fourth-order valence-electron chi connectivity index (χ4n) is 3.41. The predicted octanol–water partition coefficient (Wildman–Crippen LogP) is 2.65. The number of hydrogen-bond acceptors (Lipinski definition) is 5.